The zero-order valence-corrected chi connectivity index (χ0v) is 22.2. The van der Waals surface area contributed by atoms with E-state index in [1.165, 1.54) is 97.6 Å². The normalized spacial score (nSPS) is 11.9. The number of carbonyl (C=O) groups is 1. The van der Waals surface area contributed by atoms with Crippen molar-refractivity contribution in [2.75, 3.05) is 5.32 Å². The summed E-state index contributed by atoms with van der Waals surface area (Å²) < 4.78 is 0. The monoisotopic (exact) mass is 481 g/mol. The lowest BCUT2D eigenvalue weighted by Gasteiger charge is -2.14. The highest BCUT2D eigenvalue weighted by Crippen LogP contribution is 2.37. The maximum atomic E-state index is 12.7. The van der Waals surface area contributed by atoms with E-state index < -0.39 is 0 Å². The van der Waals surface area contributed by atoms with Crippen LogP contribution < -0.4 is 5.32 Å². The van der Waals surface area contributed by atoms with Crippen LogP contribution in [0.4, 0.5) is 5.69 Å². The highest BCUT2D eigenvalue weighted by atomic mass is 16.1. The van der Waals surface area contributed by atoms with Gasteiger partial charge in [-0.3, -0.25) is 4.79 Å². The van der Waals surface area contributed by atoms with Crippen LogP contribution in [0, 0.1) is 0 Å². The van der Waals surface area contributed by atoms with Crippen molar-refractivity contribution < 1.29 is 4.79 Å². The van der Waals surface area contributed by atoms with E-state index in [9.17, 15) is 4.79 Å². The van der Waals surface area contributed by atoms with Gasteiger partial charge in [0.1, 0.15) is 0 Å². The first kappa shape index (κ1) is 26.2. The number of amides is 1. The molecule has 0 unspecified atom stereocenters. The van der Waals surface area contributed by atoms with Crippen molar-refractivity contribution in [3.63, 3.8) is 0 Å². The van der Waals surface area contributed by atoms with Gasteiger partial charge in [-0.05, 0) is 65.1 Å². The molecule has 0 aromatic heterocycles. The molecule has 0 atom stereocenters. The largest absolute Gasteiger partial charge is 0.326 e. The fourth-order valence-electron chi connectivity index (χ4n) is 5.41. The average molecular weight is 482 g/mol. The summed E-state index contributed by atoms with van der Waals surface area (Å²) in [5, 5.41) is 10.6. The van der Waals surface area contributed by atoms with Crippen LogP contribution in [-0.4, -0.2) is 5.91 Å². The molecule has 0 heterocycles. The second-order valence-electron chi connectivity index (χ2n) is 10.4. The molecule has 2 heteroatoms. The fraction of sp³-hybridized carbons (Fsp3) is 0.441. The minimum Gasteiger partial charge on any atom is -0.326 e. The first-order valence-corrected chi connectivity index (χ1v) is 14.4. The van der Waals surface area contributed by atoms with Gasteiger partial charge in [0.25, 0.3) is 0 Å². The molecule has 4 rings (SSSR count). The van der Waals surface area contributed by atoms with Crippen LogP contribution in [0.1, 0.15) is 96.8 Å². The van der Waals surface area contributed by atoms with E-state index in [0.29, 0.717) is 6.42 Å². The van der Waals surface area contributed by atoms with Crippen molar-refractivity contribution in [3.05, 3.63) is 66.7 Å². The minimum atomic E-state index is 0.127. The predicted octanol–water partition coefficient (Wildman–Crippen LogP) is 10.6. The molecular formula is C34H43NO. The Labute approximate surface area is 217 Å². The van der Waals surface area contributed by atoms with Crippen molar-refractivity contribution in [1.29, 1.82) is 0 Å². The van der Waals surface area contributed by atoms with Crippen LogP contribution >= 0.6 is 0 Å². The Balaban J connectivity index is 1.13. The molecule has 0 spiro atoms. The summed E-state index contributed by atoms with van der Waals surface area (Å²) in [7, 11) is 0. The Hall–Kier alpha value is -2.87. The van der Waals surface area contributed by atoms with Gasteiger partial charge in [-0.25, -0.2) is 0 Å². The standard InChI is InChI=1S/C34H43NO/c1-2-3-4-5-6-7-8-9-10-11-12-13-14-15-16-20-32(36)35-31-26-24-29-22-21-27-18-17-19-28-23-25-30(31)34(29)33(27)28/h9-10,17-19,21-26H,2-8,11-16,20H2,1H3,(H,35,36). The minimum absolute atomic E-state index is 0.127. The Kier molecular flexibility index (Phi) is 10.2. The van der Waals surface area contributed by atoms with E-state index in [2.05, 4.69) is 79.0 Å². The third-order valence-electron chi connectivity index (χ3n) is 7.47. The average Bonchev–Trinajstić information content (AvgIpc) is 2.90. The number of benzene rings is 4. The van der Waals surface area contributed by atoms with Crippen LogP contribution in [0.3, 0.4) is 0 Å². The molecule has 4 aromatic carbocycles. The first-order valence-electron chi connectivity index (χ1n) is 14.4. The number of hydrogen-bond donors (Lipinski definition) is 1. The maximum absolute atomic E-state index is 12.7. The highest BCUT2D eigenvalue weighted by molar-refractivity contribution is 6.25. The molecule has 4 aromatic rings. The molecule has 1 amide bonds. The van der Waals surface area contributed by atoms with Gasteiger partial charge >= 0.3 is 0 Å². The summed E-state index contributed by atoms with van der Waals surface area (Å²) in [6.45, 7) is 2.27. The van der Waals surface area contributed by atoms with Gasteiger partial charge in [0.2, 0.25) is 5.91 Å². The van der Waals surface area contributed by atoms with E-state index in [4.69, 9.17) is 0 Å². The Bertz CT molecular complexity index is 1240. The van der Waals surface area contributed by atoms with E-state index in [0.717, 1.165) is 23.9 Å². The number of hydrogen-bond acceptors (Lipinski definition) is 1. The quantitative estimate of drug-likeness (QED) is 0.0962. The van der Waals surface area contributed by atoms with Gasteiger partial charge in [0, 0.05) is 17.5 Å². The van der Waals surface area contributed by atoms with Gasteiger partial charge in [-0.1, -0.05) is 119 Å². The van der Waals surface area contributed by atoms with Crippen molar-refractivity contribution in [2.24, 2.45) is 0 Å². The molecule has 1 N–H and O–H groups in total. The van der Waals surface area contributed by atoms with Crippen LogP contribution in [0.5, 0.6) is 0 Å². The third kappa shape index (κ3) is 7.09. The Morgan fingerprint density at radius 1 is 0.639 bits per heavy atom. The zero-order valence-electron chi connectivity index (χ0n) is 22.2. The zero-order chi connectivity index (χ0) is 25.0. The lowest BCUT2D eigenvalue weighted by atomic mass is 9.93. The van der Waals surface area contributed by atoms with Gasteiger partial charge in [0.15, 0.2) is 0 Å². The molecule has 0 radical (unpaired) electrons. The summed E-state index contributed by atoms with van der Waals surface area (Å²) in [4.78, 5) is 12.7. The van der Waals surface area contributed by atoms with Gasteiger partial charge in [0.05, 0.1) is 0 Å². The van der Waals surface area contributed by atoms with Gasteiger partial charge < -0.3 is 5.32 Å². The summed E-state index contributed by atoms with van der Waals surface area (Å²) in [6.07, 6.45) is 21.9. The first-order chi connectivity index (χ1) is 17.8. The fourth-order valence-corrected chi connectivity index (χ4v) is 5.41. The van der Waals surface area contributed by atoms with Crippen LogP contribution in [0.25, 0.3) is 32.3 Å². The topological polar surface area (TPSA) is 29.1 Å². The Morgan fingerprint density at radius 3 is 1.89 bits per heavy atom. The predicted molar refractivity (Wildman–Crippen MR) is 158 cm³/mol. The summed E-state index contributed by atoms with van der Waals surface area (Å²) in [6, 6.07) is 19.3. The molecule has 0 saturated carbocycles. The molecule has 0 aliphatic rings. The molecule has 190 valence electrons. The molecule has 0 aliphatic heterocycles. The highest BCUT2D eigenvalue weighted by Gasteiger charge is 2.12. The molecule has 0 fully saturated rings. The molecule has 0 bridgehead atoms. The van der Waals surface area contributed by atoms with E-state index in [1.54, 1.807) is 0 Å². The Morgan fingerprint density at radius 2 is 1.19 bits per heavy atom. The van der Waals surface area contributed by atoms with Crippen molar-refractivity contribution in [2.45, 2.75) is 96.8 Å². The number of anilines is 1. The number of nitrogens with one attached hydrogen (secondary N) is 1. The van der Waals surface area contributed by atoms with Gasteiger partial charge in [-0.2, -0.15) is 0 Å². The summed E-state index contributed by atoms with van der Waals surface area (Å²) in [5.41, 5.74) is 0.929. The van der Waals surface area contributed by atoms with Crippen molar-refractivity contribution in [3.8, 4) is 0 Å². The number of allylic oxidation sites excluding steroid dienone is 2. The van der Waals surface area contributed by atoms with Gasteiger partial charge in [-0.15, -0.1) is 0 Å². The number of carbonyl (C=O) groups excluding carboxylic acids is 1. The van der Waals surface area contributed by atoms with Crippen LogP contribution in [-0.2, 0) is 4.79 Å². The van der Waals surface area contributed by atoms with E-state index >= 15 is 0 Å². The molecule has 2 nitrogen and oxygen atoms in total. The molecule has 0 aliphatic carbocycles. The lowest BCUT2D eigenvalue weighted by Crippen LogP contribution is -2.11. The molecule has 36 heavy (non-hydrogen) atoms. The SMILES string of the molecule is CCCCCCCCC=CCCCCCCCC(=O)Nc1ccc2ccc3cccc4ccc1c2c34. The van der Waals surface area contributed by atoms with Crippen molar-refractivity contribution in [1.82, 2.24) is 0 Å². The molecular weight excluding hydrogens is 438 g/mol. The molecule has 0 saturated heterocycles. The van der Waals surface area contributed by atoms with E-state index in [1.807, 2.05) is 0 Å². The van der Waals surface area contributed by atoms with Crippen molar-refractivity contribution >= 4 is 43.9 Å². The van der Waals surface area contributed by atoms with Crippen LogP contribution in [0.2, 0.25) is 0 Å². The van der Waals surface area contributed by atoms with E-state index in [-0.39, 0.29) is 5.91 Å². The third-order valence-corrected chi connectivity index (χ3v) is 7.47. The van der Waals surface area contributed by atoms with Crippen LogP contribution in [0.15, 0.2) is 66.7 Å². The smallest absolute Gasteiger partial charge is 0.224 e. The summed E-state index contributed by atoms with van der Waals surface area (Å²) >= 11 is 0. The maximum Gasteiger partial charge on any atom is 0.224 e. The second-order valence-corrected chi connectivity index (χ2v) is 10.4. The second kappa shape index (κ2) is 14.0. The number of rotatable bonds is 16. The summed E-state index contributed by atoms with van der Waals surface area (Å²) in [5.74, 6) is 0.127. The number of unbranched alkanes of at least 4 members (excludes halogenated alkanes) is 11. The lowest BCUT2D eigenvalue weighted by molar-refractivity contribution is -0.116.